The number of aliphatic hydroxyl groups is 2. The Morgan fingerprint density at radius 2 is 1.65 bits per heavy atom. The van der Waals surface area contributed by atoms with Gasteiger partial charge in [0.15, 0.2) is 0 Å². The predicted octanol–water partition coefficient (Wildman–Crippen LogP) is 0.500. The minimum atomic E-state index is -0.787. The van der Waals surface area contributed by atoms with Crippen LogP contribution in [-0.2, 0) is 19.1 Å². The van der Waals surface area contributed by atoms with Crippen molar-refractivity contribution in [2.24, 2.45) is 16.7 Å². The molecule has 0 unspecified atom stereocenters. The maximum Gasteiger partial charge on any atom is 0.312 e. The van der Waals surface area contributed by atoms with Crippen LogP contribution in [0.4, 0.5) is 0 Å². The van der Waals surface area contributed by atoms with Crippen LogP contribution in [0, 0.1) is 16.7 Å². The minimum Gasteiger partial charge on any atom is -0.463 e. The maximum absolute atomic E-state index is 12.2. The molecule has 0 amide bonds. The van der Waals surface area contributed by atoms with Crippen LogP contribution in [0.15, 0.2) is 0 Å². The summed E-state index contributed by atoms with van der Waals surface area (Å²) in [5, 5.41) is 17.4. The van der Waals surface area contributed by atoms with Crippen molar-refractivity contribution >= 4 is 11.9 Å². The highest BCUT2D eigenvalue weighted by Crippen LogP contribution is 2.56. The van der Waals surface area contributed by atoms with E-state index in [1.54, 1.807) is 6.92 Å². The minimum absolute atomic E-state index is 0.0307. The third kappa shape index (κ3) is 2.96. The number of carbonyl (C=O) groups excluding carboxylic acids is 2. The summed E-state index contributed by atoms with van der Waals surface area (Å²) >= 11 is 0. The van der Waals surface area contributed by atoms with Gasteiger partial charge in [0.05, 0.1) is 24.5 Å². The molecule has 0 aromatic heterocycles. The lowest BCUT2D eigenvalue weighted by Gasteiger charge is -2.38. The first-order valence-electron chi connectivity index (χ1n) is 6.87. The van der Waals surface area contributed by atoms with E-state index >= 15 is 0 Å². The molecule has 0 spiro atoms. The van der Waals surface area contributed by atoms with E-state index in [0.29, 0.717) is 12.8 Å². The summed E-state index contributed by atoms with van der Waals surface area (Å²) < 4.78 is 10.0. The summed E-state index contributed by atoms with van der Waals surface area (Å²) in [6.07, 6.45) is 1.07. The summed E-state index contributed by atoms with van der Waals surface area (Å²) in [5.74, 6) is -1.18. The van der Waals surface area contributed by atoms with Gasteiger partial charge in [-0.3, -0.25) is 9.59 Å². The molecule has 1 saturated carbocycles. The fourth-order valence-electron chi connectivity index (χ4n) is 2.82. The van der Waals surface area contributed by atoms with Gasteiger partial charge in [0.2, 0.25) is 0 Å². The monoisotopic (exact) mass is 288 g/mol. The number of esters is 2. The standard InChI is InChI=1S/C14H24O6/c1-13(2)10(11(17)19-8-6-15)4-5-14(13,3)12(18)20-9-7-16/h10,15-16H,4-9H2,1-3H3/t10-,14+/m0/s1. The zero-order valence-corrected chi connectivity index (χ0v) is 12.3. The zero-order chi connectivity index (χ0) is 15.4. The van der Waals surface area contributed by atoms with Crippen molar-refractivity contribution in [2.75, 3.05) is 26.4 Å². The highest BCUT2D eigenvalue weighted by Gasteiger charge is 2.59. The van der Waals surface area contributed by atoms with Crippen molar-refractivity contribution in [3.8, 4) is 0 Å². The smallest absolute Gasteiger partial charge is 0.312 e. The van der Waals surface area contributed by atoms with Crippen molar-refractivity contribution in [1.29, 1.82) is 0 Å². The Morgan fingerprint density at radius 3 is 2.20 bits per heavy atom. The Kier molecular flexibility index (Phi) is 5.53. The zero-order valence-electron chi connectivity index (χ0n) is 12.3. The molecular weight excluding hydrogens is 264 g/mol. The molecule has 0 aromatic carbocycles. The summed E-state index contributed by atoms with van der Waals surface area (Å²) in [6, 6.07) is 0. The van der Waals surface area contributed by atoms with E-state index in [2.05, 4.69) is 0 Å². The summed E-state index contributed by atoms with van der Waals surface area (Å²) in [6.45, 7) is 4.99. The van der Waals surface area contributed by atoms with Crippen molar-refractivity contribution in [1.82, 2.24) is 0 Å². The van der Waals surface area contributed by atoms with E-state index in [1.165, 1.54) is 0 Å². The molecule has 116 valence electrons. The topological polar surface area (TPSA) is 93.1 Å². The van der Waals surface area contributed by atoms with Crippen LogP contribution in [0.2, 0.25) is 0 Å². The van der Waals surface area contributed by atoms with Gasteiger partial charge in [0.1, 0.15) is 13.2 Å². The summed E-state index contributed by atoms with van der Waals surface area (Å²) in [4.78, 5) is 24.2. The van der Waals surface area contributed by atoms with Crippen LogP contribution in [0.25, 0.3) is 0 Å². The number of ether oxygens (including phenoxy) is 2. The predicted molar refractivity (Wildman–Crippen MR) is 70.7 cm³/mol. The molecule has 6 heteroatoms. The third-order valence-corrected chi connectivity index (χ3v) is 4.62. The first-order chi connectivity index (χ1) is 9.31. The number of hydrogen-bond acceptors (Lipinski definition) is 6. The molecule has 0 saturated heterocycles. The fraction of sp³-hybridized carbons (Fsp3) is 0.857. The fourth-order valence-corrected chi connectivity index (χ4v) is 2.82. The van der Waals surface area contributed by atoms with E-state index in [4.69, 9.17) is 19.7 Å². The largest absolute Gasteiger partial charge is 0.463 e. The summed E-state index contributed by atoms with van der Waals surface area (Å²) in [7, 11) is 0. The Bertz CT molecular complexity index is 365. The average molecular weight is 288 g/mol. The SMILES string of the molecule is CC1(C)[C@H](C(=O)OCCO)CC[C@]1(C)C(=O)OCCO. The lowest BCUT2D eigenvalue weighted by molar-refractivity contribution is -0.166. The maximum atomic E-state index is 12.2. The molecule has 0 bridgehead atoms. The molecule has 1 aliphatic rings. The van der Waals surface area contributed by atoms with Crippen LogP contribution >= 0.6 is 0 Å². The van der Waals surface area contributed by atoms with E-state index in [9.17, 15) is 9.59 Å². The molecule has 20 heavy (non-hydrogen) atoms. The Labute approximate surface area is 119 Å². The van der Waals surface area contributed by atoms with Crippen LogP contribution in [0.1, 0.15) is 33.6 Å². The lowest BCUT2D eigenvalue weighted by Crippen LogP contribution is -2.44. The van der Waals surface area contributed by atoms with Crippen molar-refractivity contribution < 1.29 is 29.3 Å². The second-order valence-electron chi connectivity index (χ2n) is 5.90. The molecule has 0 aliphatic heterocycles. The van der Waals surface area contributed by atoms with Gasteiger partial charge in [-0.1, -0.05) is 13.8 Å². The van der Waals surface area contributed by atoms with Gasteiger partial charge in [-0.15, -0.1) is 0 Å². The van der Waals surface area contributed by atoms with Gasteiger partial charge in [-0.2, -0.15) is 0 Å². The molecule has 0 aromatic rings. The molecule has 6 nitrogen and oxygen atoms in total. The molecule has 2 atom stereocenters. The lowest BCUT2D eigenvalue weighted by atomic mass is 9.65. The number of carbonyl (C=O) groups is 2. The first kappa shape index (κ1) is 16.9. The third-order valence-electron chi connectivity index (χ3n) is 4.62. The molecule has 1 rings (SSSR count). The van der Waals surface area contributed by atoms with Crippen LogP contribution in [0.5, 0.6) is 0 Å². The second-order valence-corrected chi connectivity index (χ2v) is 5.90. The van der Waals surface area contributed by atoms with E-state index in [0.717, 1.165) is 0 Å². The van der Waals surface area contributed by atoms with Gasteiger partial charge < -0.3 is 19.7 Å². The van der Waals surface area contributed by atoms with E-state index in [1.807, 2.05) is 13.8 Å². The van der Waals surface area contributed by atoms with Crippen LogP contribution in [-0.4, -0.2) is 48.6 Å². The van der Waals surface area contributed by atoms with Crippen molar-refractivity contribution in [2.45, 2.75) is 33.6 Å². The van der Waals surface area contributed by atoms with E-state index < -0.39 is 22.7 Å². The molecule has 0 radical (unpaired) electrons. The number of aliphatic hydroxyl groups excluding tert-OH is 2. The van der Waals surface area contributed by atoms with Gasteiger partial charge in [0, 0.05) is 0 Å². The van der Waals surface area contributed by atoms with Gasteiger partial charge in [-0.25, -0.2) is 0 Å². The Balaban J connectivity index is 2.82. The van der Waals surface area contributed by atoms with Crippen molar-refractivity contribution in [3.05, 3.63) is 0 Å². The number of hydrogen-bond donors (Lipinski definition) is 2. The quantitative estimate of drug-likeness (QED) is 0.691. The molecule has 1 fully saturated rings. The van der Waals surface area contributed by atoms with Gasteiger partial charge >= 0.3 is 11.9 Å². The Hall–Kier alpha value is -1.14. The molecular formula is C14H24O6. The highest BCUT2D eigenvalue weighted by molar-refractivity contribution is 5.82. The van der Waals surface area contributed by atoms with Gasteiger partial charge in [0.25, 0.3) is 0 Å². The number of rotatable bonds is 6. The second kappa shape index (κ2) is 6.54. The summed E-state index contributed by atoms with van der Waals surface area (Å²) in [5.41, 5.74) is -1.39. The van der Waals surface area contributed by atoms with E-state index in [-0.39, 0.29) is 32.4 Å². The molecule has 0 heterocycles. The first-order valence-corrected chi connectivity index (χ1v) is 6.87. The average Bonchev–Trinajstić information content (AvgIpc) is 2.65. The highest BCUT2D eigenvalue weighted by atomic mass is 16.5. The van der Waals surface area contributed by atoms with Crippen LogP contribution < -0.4 is 0 Å². The normalized spacial score (nSPS) is 28.1. The molecule has 2 N–H and O–H groups in total. The Morgan fingerprint density at radius 1 is 1.10 bits per heavy atom. The molecule has 1 aliphatic carbocycles. The van der Waals surface area contributed by atoms with Gasteiger partial charge in [-0.05, 0) is 25.2 Å². The van der Waals surface area contributed by atoms with Crippen molar-refractivity contribution in [3.63, 3.8) is 0 Å². The van der Waals surface area contributed by atoms with Crippen LogP contribution in [0.3, 0.4) is 0 Å².